The maximum absolute atomic E-state index is 12.7. The van der Waals surface area contributed by atoms with Crippen molar-refractivity contribution in [1.29, 1.82) is 0 Å². The zero-order chi connectivity index (χ0) is 50.3. The number of halogens is 9. The molecule has 2 nitrogen and oxygen atoms in total. The van der Waals surface area contributed by atoms with Gasteiger partial charge in [-0.3, -0.25) is 0 Å². The van der Waals surface area contributed by atoms with Crippen LogP contribution in [0.3, 0.4) is 0 Å². The van der Waals surface area contributed by atoms with Gasteiger partial charge < -0.3 is 10.6 Å². The molecule has 0 saturated carbocycles. The molecule has 0 amide bonds. The summed E-state index contributed by atoms with van der Waals surface area (Å²) >= 11 is 0. The van der Waals surface area contributed by atoms with E-state index in [1.54, 1.807) is 71.0 Å². The fourth-order valence-corrected chi connectivity index (χ4v) is 6.67. The highest BCUT2D eigenvalue weighted by Crippen LogP contribution is 2.35. The van der Waals surface area contributed by atoms with E-state index in [0.717, 1.165) is 35.5 Å². The molecule has 0 aliphatic rings. The second-order valence-electron chi connectivity index (χ2n) is 19.9. The summed E-state index contributed by atoms with van der Waals surface area (Å²) in [6.45, 7) is 39.3. The van der Waals surface area contributed by atoms with Crippen LogP contribution < -0.4 is 10.6 Å². The van der Waals surface area contributed by atoms with Gasteiger partial charge in [-0.1, -0.05) is 199 Å². The zero-order valence-corrected chi connectivity index (χ0v) is 42.8. The van der Waals surface area contributed by atoms with Crippen molar-refractivity contribution in [2.24, 2.45) is 47.3 Å². The molecule has 0 aromatic heterocycles. The number of hydrogen-bond donors (Lipinski definition) is 2. The fourth-order valence-electron chi connectivity index (χ4n) is 6.67. The maximum atomic E-state index is 12.7. The molecular weight excluding hydrogens is 824 g/mol. The van der Waals surface area contributed by atoms with E-state index in [1.807, 2.05) is 13.8 Å². The lowest BCUT2D eigenvalue weighted by Crippen LogP contribution is -2.38. The summed E-state index contributed by atoms with van der Waals surface area (Å²) in [5.41, 5.74) is 0.498. The SMILES string of the molecule is CC(C)CC(C)C.CC(C)CC(C)C.CC(C)N[C@@H](c1ccccc1)C(F)(F)F.CC(C)N[C@H](c1ccccc1)C(F)(F)F.CC[C@@H](C)CC(C)C.CC[C@@H](CC(C)C)C(F)(F)F. The van der Waals surface area contributed by atoms with E-state index in [0.29, 0.717) is 0 Å². The largest absolute Gasteiger partial charge is 0.407 e. The van der Waals surface area contributed by atoms with Gasteiger partial charge in [-0.25, -0.2) is 0 Å². The Labute approximate surface area is 381 Å². The number of alkyl halides is 9. The fraction of sp³-hybridized carbons (Fsp3) is 0.769. The molecule has 11 heteroatoms. The molecular formula is C52H93F9N2. The van der Waals surface area contributed by atoms with Gasteiger partial charge in [0.2, 0.25) is 0 Å². The van der Waals surface area contributed by atoms with Gasteiger partial charge in [-0.2, -0.15) is 39.5 Å². The molecule has 0 saturated heterocycles. The molecule has 374 valence electrons. The third-order valence-corrected chi connectivity index (χ3v) is 9.09. The number of rotatable bonds is 16. The van der Waals surface area contributed by atoms with Gasteiger partial charge in [0.15, 0.2) is 0 Å². The van der Waals surface area contributed by atoms with Crippen LogP contribution in [0.1, 0.15) is 193 Å². The molecule has 0 radical (unpaired) electrons. The van der Waals surface area contributed by atoms with Crippen molar-refractivity contribution >= 4 is 0 Å². The van der Waals surface area contributed by atoms with Gasteiger partial charge in [0.25, 0.3) is 0 Å². The third-order valence-electron chi connectivity index (χ3n) is 9.09. The predicted octanol–water partition coefficient (Wildman–Crippen LogP) is 18.7. The molecule has 0 spiro atoms. The van der Waals surface area contributed by atoms with Crippen LogP contribution in [0, 0.1) is 47.3 Å². The first kappa shape index (κ1) is 67.3. The zero-order valence-electron chi connectivity index (χ0n) is 42.8. The van der Waals surface area contributed by atoms with Crippen LogP contribution in [0.15, 0.2) is 60.7 Å². The third kappa shape index (κ3) is 43.4. The Bertz CT molecular complexity index is 1180. The van der Waals surface area contributed by atoms with Crippen molar-refractivity contribution < 1.29 is 39.5 Å². The minimum Gasteiger partial charge on any atom is -0.300 e. The normalized spacial score (nSPS) is 13.8. The average Bonchev–Trinajstić information content (AvgIpc) is 3.11. The molecule has 63 heavy (non-hydrogen) atoms. The van der Waals surface area contributed by atoms with Gasteiger partial charge in [-0.15, -0.1) is 0 Å². The lowest BCUT2D eigenvalue weighted by atomic mass is 9.94. The molecule has 0 bridgehead atoms. The van der Waals surface area contributed by atoms with Crippen LogP contribution in [0.25, 0.3) is 0 Å². The second kappa shape index (κ2) is 35.9. The minimum atomic E-state index is -4.26. The summed E-state index contributed by atoms with van der Waals surface area (Å²) in [7, 11) is 0. The van der Waals surface area contributed by atoms with Crippen molar-refractivity contribution in [3.8, 4) is 0 Å². The highest BCUT2D eigenvalue weighted by Gasteiger charge is 2.42. The van der Waals surface area contributed by atoms with Crippen LogP contribution in [0.4, 0.5) is 39.5 Å². The van der Waals surface area contributed by atoms with Crippen molar-refractivity contribution in [1.82, 2.24) is 10.6 Å². The second-order valence-corrected chi connectivity index (χ2v) is 19.9. The van der Waals surface area contributed by atoms with Crippen LogP contribution in [-0.4, -0.2) is 30.6 Å². The quantitative estimate of drug-likeness (QED) is 0.164. The predicted molar refractivity (Wildman–Crippen MR) is 254 cm³/mol. The monoisotopic (exact) mass is 917 g/mol. The molecule has 2 aromatic carbocycles. The Morgan fingerprint density at radius 1 is 0.365 bits per heavy atom. The van der Waals surface area contributed by atoms with Gasteiger partial charge in [0.1, 0.15) is 12.1 Å². The van der Waals surface area contributed by atoms with E-state index in [1.165, 1.54) is 49.9 Å². The first-order valence-corrected chi connectivity index (χ1v) is 23.4. The molecule has 0 heterocycles. The van der Waals surface area contributed by atoms with Crippen LogP contribution in [0.2, 0.25) is 0 Å². The number of nitrogens with one attached hydrogen (secondary N) is 2. The van der Waals surface area contributed by atoms with Gasteiger partial charge in [0, 0.05) is 12.1 Å². The molecule has 0 fully saturated rings. The van der Waals surface area contributed by atoms with Gasteiger partial charge in [-0.05, 0) is 84.7 Å². The van der Waals surface area contributed by atoms with E-state index in [2.05, 4.69) is 93.7 Å². The van der Waals surface area contributed by atoms with Crippen LogP contribution >= 0.6 is 0 Å². The van der Waals surface area contributed by atoms with E-state index in [4.69, 9.17) is 0 Å². The Kier molecular flexibility index (Phi) is 38.4. The first-order chi connectivity index (χ1) is 28.6. The molecule has 2 rings (SSSR count). The number of hydrogen-bond acceptors (Lipinski definition) is 2. The van der Waals surface area contributed by atoms with E-state index < -0.39 is 36.5 Å². The highest BCUT2D eigenvalue weighted by atomic mass is 19.4. The molecule has 2 aromatic rings. The lowest BCUT2D eigenvalue weighted by Gasteiger charge is -2.24. The smallest absolute Gasteiger partial charge is 0.300 e. The summed E-state index contributed by atoms with van der Waals surface area (Å²) in [6.07, 6.45) is -6.63. The maximum Gasteiger partial charge on any atom is 0.407 e. The topological polar surface area (TPSA) is 24.1 Å². The van der Waals surface area contributed by atoms with Gasteiger partial charge in [0.05, 0.1) is 5.92 Å². The van der Waals surface area contributed by atoms with E-state index >= 15 is 0 Å². The molecule has 4 atom stereocenters. The number of benzene rings is 2. The highest BCUT2D eigenvalue weighted by molar-refractivity contribution is 5.21. The molecule has 2 N–H and O–H groups in total. The van der Waals surface area contributed by atoms with Crippen molar-refractivity contribution in [2.75, 3.05) is 0 Å². The minimum absolute atomic E-state index is 0.126. The standard InChI is InChI=1S/2C11H14F3N.C8H15F3.C8H18.2C7H16/c2*1-8(2)15-10(11(12,13)14)9-6-4-3-5-7-9;1-4-7(5-6(2)3)8(9,10)11;1-5-8(4)6-7(2)3;2*1-6(2)5-7(3)4/h2*3-8,10,15H,1-2H3;6-7H,4-5H2,1-3H3;7-8H,5-6H2,1-4H3;2*6-7H,5H2,1-4H3/t2*10-;7-;8-;;/m1001../s1. The summed E-state index contributed by atoms with van der Waals surface area (Å²) < 4.78 is 112. The summed E-state index contributed by atoms with van der Waals surface area (Å²) in [5.74, 6) is 4.32. The van der Waals surface area contributed by atoms with E-state index in [9.17, 15) is 39.5 Å². The Balaban J connectivity index is -0.000000342. The molecule has 0 aliphatic heterocycles. The Morgan fingerprint density at radius 3 is 0.762 bits per heavy atom. The van der Waals surface area contributed by atoms with Crippen molar-refractivity contribution in [2.45, 2.75) is 213 Å². The van der Waals surface area contributed by atoms with Crippen molar-refractivity contribution in [3.63, 3.8) is 0 Å². The van der Waals surface area contributed by atoms with Crippen molar-refractivity contribution in [3.05, 3.63) is 71.8 Å². The summed E-state index contributed by atoms with van der Waals surface area (Å²) in [6, 6.07) is 12.2. The van der Waals surface area contributed by atoms with Gasteiger partial charge >= 0.3 is 18.5 Å². The summed E-state index contributed by atoms with van der Waals surface area (Å²) in [5, 5.41) is 5.02. The Hall–Kier alpha value is -2.27. The molecule has 0 unspecified atom stereocenters. The van der Waals surface area contributed by atoms with E-state index in [-0.39, 0.29) is 42.0 Å². The molecule has 0 aliphatic carbocycles. The lowest BCUT2D eigenvalue weighted by molar-refractivity contribution is -0.179. The first-order valence-electron chi connectivity index (χ1n) is 23.4. The van der Waals surface area contributed by atoms with Crippen LogP contribution in [0.5, 0.6) is 0 Å². The van der Waals surface area contributed by atoms with Crippen LogP contribution in [-0.2, 0) is 0 Å². The Morgan fingerprint density at radius 2 is 0.635 bits per heavy atom. The average molecular weight is 917 g/mol. The summed E-state index contributed by atoms with van der Waals surface area (Å²) in [4.78, 5) is 0.